The van der Waals surface area contributed by atoms with Crippen LogP contribution in [0.5, 0.6) is 0 Å². The van der Waals surface area contributed by atoms with Gasteiger partial charge in [-0.15, -0.1) is 5.73 Å². The van der Waals surface area contributed by atoms with E-state index < -0.39 is 0 Å². The van der Waals surface area contributed by atoms with Crippen molar-refractivity contribution in [2.45, 2.75) is 47.0 Å². The third kappa shape index (κ3) is 2.60. The Morgan fingerprint density at radius 2 is 2.08 bits per heavy atom. The van der Waals surface area contributed by atoms with Crippen LogP contribution in [-0.4, -0.2) is 0 Å². The molecule has 0 saturated heterocycles. The van der Waals surface area contributed by atoms with Crippen LogP contribution >= 0.6 is 0 Å². The molecule has 0 heterocycles. The van der Waals surface area contributed by atoms with E-state index in [4.69, 9.17) is 0 Å². The van der Waals surface area contributed by atoms with E-state index in [0.29, 0.717) is 5.41 Å². The van der Waals surface area contributed by atoms with E-state index in [1.54, 1.807) is 0 Å². The average molecular weight is 176 g/mol. The fourth-order valence-corrected chi connectivity index (χ4v) is 1.65. The molecule has 0 aromatic heterocycles. The lowest BCUT2D eigenvalue weighted by Crippen LogP contribution is -2.09. The molecule has 0 bridgehead atoms. The van der Waals surface area contributed by atoms with Crippen LogP contribution in [-0.2, 0) is 0 Å². The topological polar surface area (TPSA) is 0 Å². The molecule has 0 fully saturated rings. The van der Waals surface area contributed by atoms with Crippen molar-refractivity contribution in [2.24, 2.45) is 5.41 Å². The minimum Gasteiger partial charge on any atom is -0.111 e. The molecule has 0 radical (unpaired) electrons. The summed E-state index contributed by atoms with van der Waals surface area (Å²) in [7, 11) is 0. The summed E-state index contributed by atoms with van der Waals surface area (Å²) in [5, 5.41) is 0. The lowest BCUT2D eigenvalue weighted by Gasteiger charge is -2.20. The van der Waals surface area contributed by atoms with E-state index in [0.717, 1.165) is 6.42 Å². The molecule has 0 aromatic rings. The highest BCUT2D eigenvalue weighted by Gasteiger charge is 2.30. The minimum absolute atomic E-state index is 0.316. The summed E-state index contributed by atoms with van der Waals surface area (Å²) < 4.78 is 0. The van der Waals surface area contributed by atoms with Gasteiger partial charge in [0.25, 0.3) is 0 Å². The number of rotatable bonds is 5. The molecule has 0 spiro atoms. The Balaban J connectivity index is 2.41. The van der Waals surface area contributed by atoms with Crippen molar-refractivity contribution in [2.75, 3.05) is 0 Å². The van der Waals surface area contributed by atoms with Crippen LogP contribution in [0.25, 0.3) is 0 Å². The largest absolute Gasteiger partial charge is 0.111 e. The highest BCUT2D eigenvalue weighted by atomic mass is 14.3. The molecular formula is C13H20. The van der Waals surface area contributed by atoms with E-state index in [1.807, 2.05) is 0 Å². The lowest BCUT2D eigenvalue weighted by molar-refractivity contribution is 0.468. The monoisotopic (exact) mass is 176 g/mol. The first-order valence-electron chi connectivity index (χ1n) is 5.23. The summed E-state index contributed by atoms with van der Waals surface area (Å²) in [4.78, 5) is 0. The van der Waals surface area contributed by atoms with Crippen LogP contribution in [0.15, 0.2) is 29.0 Å². The Morgan fingerprint density at radius 3 is 2.62 bits per heavy atom. The second kappa shape index (κ2) is 3.98. The maximum Gasteiger partial charge on any atom is 0.0112 e. The Morgan fingerprint density at radius 1 is 1.38 bits per heavy atom. The Bertz CT molecular complexity index is 270. The summed E-state index contributed by atoms with van der Waals surface area (Å²) in [6.07, 6.45) is 7.97. The van der Waals surface area contributed by atoms with E-state index in [-0.39, 0.29) is 0 Å². The Labute approximate surface area is 82.0 Å². The molecule has 0 atom stereocenters. The number of allylic oxidation sites excluding steroid dienone is 3. The van der Waals surface area contributed by atoms with Crippen molar-refractivity contribution in [1.82, 2.24) is 0 Å². The fraction of sp³-hybridized carbons (Fsp3) is 0.615. The van der Waals surface area contributed by atoms with Crippen LogP contribution in [0, 0.1) is 5.41 Å². The van der Waals surface area contributed by atoms with Gasteiger partial charge in [0, 0.05) is 16.6 Å². The van der Waals surface area contributed by atoms with Crippen LogP contribution in [0.3, 0.4) is 0 Å². The van der Waals surface area contributed by atoms with Crippen molar-refractivity contribution in [3.63, 3.8) is 0 Å². The van der Waals surface area contributed by atoms with Crippen molar-refractivity contribution in [3.05, 3.63) is 29.0 Å². The van der Waals surface area contributed by atoms with Gasteiger partial charge in [0.15, 0.2) is 0 Å². The molecule has 0 unspecified atom stereocenters. The van der Waals surface area contributed by atoms with Crippen LogP contribution in [0.1, 0.15) is 47.0 Å². The predicted octanol–water partition coefficient (Wildman–Crippen LogP) is 4.24. The van der Waals surface area contributed by atoms with Gasteiger partial charge in [0.2, 0.25) is 0 Å². The standard InChI is InChI=1S/C13H20/c1-5-7-9-13(3,4)12-10-11(12)8-6-2/h5,7H,6,8-9H2,1-4H3. The van der Waals surface area contributed by atoms with Gasteiger partial charge in [-0.25, -0.2) is 0 Å². The summed E-state index contributed by atoms with van der Waals surface area (Å²) in [6, 6.07) is 0. The van der Waals surface area contributed by atoms with Gasteiger partial charge in [0.05, 0.1) is 0 Å². The molecule has 1 aliphatic rings. The quantitative estimate of drug-likeness (QED) is 0.434. The average Bonchev–Trinajstić information content (AvgIpc) is 2.82. The molecule has 0 nitrogen and oxygen atoms in total. The first-order chi connectivity index (χ1) is 6.11. The molecule has 0 aliphatic heterocycles. The van der Waals surface area contributed by atoms with Gasteiger partial charge in [-0.05, 0) is 19.8 Å². The van der Waals surface area contributed by atoms with Crippen molar-refractivity contribution in [3.8, 4) is 0 Å². The van der Waals surface area contributed by atoms with Crippen molar-refractivity contribution < 1.29 is 0 Å². The SMILES string of the molecule is CC=CCC(C)(C)C1=C=C1CCC. The summed E-state index contributed by atoms with van der Waals surface area (Å²) in [6.45, 7) is 8.91. The summed E-state index contributed by atoms with van der Waals surface area (Å²) >= 11 is 0. The Hall–Kier alpha value is -0.740. The van der Waals surface area contributed by atoms with Crippen LogP contribution < -0.4 is 0 Å². The van der Waals surface area contributed by atoms with E-state index >= 15 is 0 Å². The van der Waals surface area contributed by atoms with Crippen molar-refractivity contribution >= 4 is 0 Å². The molecule has 0 N–H and O–H groups in total. The molecular weight excluding hydrogens is 156 g/mol. The van der Waals surface area contributed by atoms with Gasteiger partial charge in [-0.1, -0.05) is 39.3 Å². The zero-order valence-electron chi connectivity index (χ0n) is 9.28. The van der Waals surface area contributed by atoms with E-state index in [2.05, 4.69) is 45.6 Å². The van der Waals surface area contributed by atoms with Gasteiger partial charge in [-0.3, -0.25) is 0 Å². The third-order valence-electron chi connectivity index (χ3n) is 2.56. The smallest absolute Gasteiger partial charge is 0.0112 e. The molecule has 0 aromatic carbocycles. The van der Waals surface area contributed by atoms with Gasteiger partial charge in [-0.2, -0.15) is 0 Å². The zero-order valence-corrected chi connectivity index (χ0v) is 9.28. The van der Waals surface area contributed by atoms with Crippen LogP contribution in [0.4, 0.5) is 0 Å². The molecule has 0 heteroatoms. The second-order valence-corrected chi connectivity index (χ2v) is 4.39. The van der Waals surface area contributed by atoms with Crippen molar-refractivity contribution in [1.29, 1.82) is 0 Å². The second-order valence-electron chi connectivity index (χ2n) is 4.39. The molecule has 72 valence electrons. The highest BCUT2D eigenvalue weighted by molar-refractivity contribution is 5.48. The van der Waals surface area contributed by atoms with E-state index in [1.165, 1.54) is 24.0 Å². The Kier molecular flexibility index (Phi) is 3.17. The normalized spacial score (nSPS) is 16.0. The minimum atomic E-state index is 0.316. The van der Waals surface area contributed by atoms with Gasteiger partial charge >= 0.3 is 0 Å². The maximum absolute atomic E-state index is 3.42. The first kappa shape index (κ1) is 10.3. The number of hydrogen-bond acceptors (Lipinski definition) is 0. The molecule has 0 amide bonds. The van der Waals surface area contributed by atoms with Crippen LogP contribution in [0.2, 0.25) is 0 Å². The van der Waals surface area contributed by atoms with E-state index in [9.17, 15) is 0 Å². The van der Waals surface area contributed by atoms with Gasteiger partial charge in [0.1, 0.15) is 0 Å². The highest BCUT2D eigenvalue weighted by Crippen LogP contribution is 2.42. The summed E-state index contributed by atoms with van der Waals surface area (Å²) in [5.41, 5.74) is 6.70. The number of hydrogen-bond donors (Lipinski definition) is 0. The fourth-order valence-electron chi connectivity index (χ4n) is 1.65. The molecule has 0 saturated carbocycles. The molecule has 1 aliphatic carbocycles. The molecule has 1 rings (SSSR count). The first-order valence-corrected chi connectivity index (χ1v) is 5.23. The predicted molar refractivity (Wildman–Crippen MR) is 58.7 cm³/mol. The lowest BCUT2D eigenvalue weighted by atomic mass is 9.83. The third-order valence-corrected chi connectivity index (χ3v) is 2.56. The maximum atomic E-state index is 3.42. The zero-order chi connectivity index (χ0) is 9.90. The molecule has 13 heavy (non-hydrogen) atoms. The summed E-state index contributed by atoms with van der Waals surface area (Å²) in [5.74, 6) is 0. The van der Waals surface area contributed by atoms with Gasteiger partial charge < -0.3 is 0 Å².